The van der Waals surface area contributed by atoms with Crippen molar-refractivity contribution >= 4 is 23.6 Å². The molecule has 0 atom stereocenters. The average molecular weight is 349 g/mol. The fourth-order valence-electron chi connectivity index (χ4n) is 1.87. The smallest absolute Gasteiger partial charge is 0.314 e. The van der Waals surface area contributed by atoms with E-state index in [4.69, 9.17) is 9.52 Å². The second kappa shape index (κ2) is 7.48. The zero-order chi connectivity index (χ0) is 17.7. The van der Waals surface area contributed by atoms with Gasteiger partial charge in [-0.15, -0.1) is 10.2 Å². The number of rotatable bonds is 6. The van der Waals surface area contributed by atoms with E-state index < -0.39 is 5.97 Å². The van der Waals surface area contributed by atoms with Crippen LogP contribution in [0.15, 0.2) is 33.9 Å². The van der Waals surface area contributed by atoms with Gasteiger partial charge >= 0.3 is 5.97 Å². The fourth-order valence-corrected chi connectivity index (χ4v) is 2.37. The summed E-state index contributed by atoms with van der Waals surface area (Å²) in [6.07, 6.45) is 0. The van der Waals surface area contributed by atoms with Gasteiger partial charge in [-0.1, -0.05) is 44.7 Å². The molecule has 2 aromatic rings. The number of carbonyl (C=O) groups is 2. The van der Waals surface area contributed by atoms with Gasteiger partial charge in [0.2, 0.25) is 5.89 Å². The second-order valence-corrected chi connectivity index (χ2v) is 7.08. The highest BCUT2D eigenvalue weighted by molar-refractivity contribution is 7.99. The van der Waals surface area contributed by atoms with Crippen LogP contribution in [0, 0.1) is 0 Å². The molecule has 0 aliphatic carbocycles. The standard InChI is InChI=1S/C16H19N3O4S/c1-16(2,3)11-6-4-10(5-7-11)14(22)17-8-12-18-19-15(23-12)24-9-13(20)21/h4-7H,8-9H2,1-3H3,(H,17,22)(H,20,21). The summed E-state index contributed by atoms with van der Waals surface area (Å²) in [6, 6.07) is 7.42. The third kappa shape index (κ3) is 5.09. The molecule has 0 aliphatic heterocycles. The van der Waals surface area contributed by atoms with Gasteiger partial charge in [0, 0.05) is 5.56 Å². The number of amides is 1. The average Bonchev–Trinajstić information content (AvgIpc) is 2.98. The molecule has 2 rings (SSSR count). The van der Waals surface area contributed by atoms with Crippen LogP contribution in [0.1, 0.15) is 42.6 Å². The van der Waals surface area contributed by atoms with E-state index in [0.29, 0.717) is 5.56 Å². The molecular weight excluding hydrogens is 330 g/mol. The number of carbonyl (C=O) groups excluding carboxylic acids is 1. The first-order chi connectivity index (χ1) is 11.3. The largest absolute Gasteiger partial charge is 0.481 e. The van der Waals surface area contributed by atoms with Gasteiger partial charge in [0.15, 0.2) is 0 Å². The van der Waals surface area contributed by atoms with E-state index in [1.54, 1.807) is 12.1 Å². The molecule has 1 heterocycles. The summed E-state index contributed by atoms with van der Waals surface area (Å²) in [6.45, 7) is 6.41. The molecule has 1 aromatic heterocycles. The number of carboxylic acid groups (broad SMARTS) is 1. The van der Waals surface area contributed by atoms with Gasteiger partial charge in [-0.25, -0.2) is 0 Å². The molecule has 0 unspecified atom stereocenters. The summed E-state index contributed by atoms with van der Waals surface area (Å²) in [5, 5.41) is 18.9. The van der Waals surface area contributed by atoms with E-state index in [9.17, 15) is 9.59 Å². The molecule has 0 saturated carbocycles. The minimum absolute atomic E-state index is 0.0305. The van der Waals surface area contributed by atoms with Gasteiger partial charge in [0.05, 0.1) is 6.54 Å². The first-order valence-electron chi connectivity index (χ1n) is 7.31. The molecule has 1 aromatic carbocycles. The predicted molar refractivity (Wildman–Crippen MR) is 89.0 cm³/mol. The Morgan fingerprint density at radius 1 is 1.21 bits per heavy atom. The van der Waals surface area contributed by atoms with Crippen LogP contribution in [-0.4, -0.2) is 32.9 Å². The Morgan fingerprint density at radius 2 is 1.88 bits per heavy atom. The van der Waals surface area contributed by atoms with Crippen LogP contribution < -0.4 is 5.32 Å². The second-order valence-electron chi connectivity index (χ2n) is 6.15. The third-order valence-electron chi connectivity index (χ3n) is 3.18. The van der Waals surface area contributed by atoms with Gasteiger partial charge in [-0.3, -0.25) is 9.59 Å². The maximum absolute atomic E-state index is 12.1. The van der Waals surface area contributed by atoms with E-state index in [-0.39, 0.29) is 34.7 Å². The first-order valence-corrected chi connectivity index (χ1v) is 8.30. The Morgan fingerprint density at radius 3 is 2.46 bits per heavy atom. The minimum atomic E-state index is -0.966. The monoisotopic (exact) mass is 349 g/mol. The Balaban J connectivity index is 1.90. The zero-order valence-electron chi connectivity index (χ0n) is 13.7. The van der Waals surface area contributed by atoms with Crippen molar-refractivity contribution in [3.05, 3.63) is 41.3 Å². The van der Waals surface area contributed by atoms with Crippen molar-refractivity contribution in [2.75, 3.05) is 5.75 Å². The number of thioether (sulfide) groups is 1. The van der Waals surface area contributed by atoms with Crippen molar-refractivity contribution in [2.45, 2.75) is 38.0 Å². The molecule has 0 radical (unpaired) electrons. The molecule has 128 valence electrons. The highest BCUT2D eigenvalue weighted by Gasteiger charge is 2.15. The molecule has 24 heavy (non-hydrogen) atoms. The fraction of sp³-hybridized carbons (Fsp3) is 0.375. The molecule has 0 bridgehead atoms. The minimum Gasteiger partial charge on any atom is -0.481 e. The van der Waals surface area contributed by atoms with Crippen LogP contribution in [-0.2, 0) is 16.8 Å². The Hall–Kier alpha value is -2.35. The van der Waals surface area contributed by atoms with Crippen LogP contribution in [0.4, 0.5) is 0 Å². The maximum Gasteiger partial charge on any atom is 0.314 e. The molecule has 2 N–H and O–H groups in total. The van der Waals surface area contributed by atoms with Crippen molar-refractivity contribution in [3.63, 3.8) is 0 Å². The molecule has 0 fully saturated rings. The van der Waals surface area contributed by atoms with Gasteiger partial charge < -0.3 is 14.8 Å². The van der Waals surface area contributed by atoms with Gasteiger partial charge in [0.25, 0.3) is 11.1 Å². The molecule has 0 saturated heterocycles. The van der Waals surface area contributed by atoms with Gasteiger partial charge in [-0.2, -0.15) is 0 Å². The first kappa shape index (κ1) is 18.0. The lowest BCUT2D eigenvalue weighted by Gasteiger charge is -2.18. The molecular formula is C16H19N3O4S. The van der Waals surface area contributed by atoms with Gasteiger partial charge in [0.1, 0.15) is 5.75 Å². The summed E-state index contributed by atoms with van der Waals surface area (Å²) >= 11 is 0.931. The molecule has 1 amide bonds. The number of aromatic nitrogens is 2. The highest BCUT2D eigenvalue weighted by atomic mass is 32.2. The highest BCUT2D eigenvalue weighted by Crippen LogP contribution is 2.22. The SMILES string of the molecule is CC(C)(C)c1ccc(C(=O)NCc2nnc(SCC(=O)O)o2)cc1. The third-order valence-corrected chi connectivity index (χ3v) is 3.98. The predicted octanol–water partition coefficient (Wildman–Crippen LogP) is 2.47. The van der Waals surface area contributed by atoms with Crippen LogP contribution in [0.2, 0.25) is 0 Å². The topological polar surface area (TPSA) is 105 Å². The number of aliphatic carboxylic acids is 1. The van der Waals surface area contributed by atoms with E-state index in [0.717, 1.165) is 17.3 Å². The van der Waals surface area contributed by atoms with E-state index in [2.05, 4.69) is 36.3 Å². The number of nitrogens with one attached hydrogen (secondary N) is 1. The summed E-state index contributed by atoms with van der Waals surface area (Å²) in [4.78, 5) is 22.6. The van der Waals surface area contributed by atoms with E-state index >= 15 is 0 Å². The summed E-state index contributed by atoms with van der Waals surface area (Å²) in [7, 11) is 0. The number of carboxylic acids is 1. The maximum atomic E-state index is 12.1. The van der Waals surface area contributed by atoms with Crippen LogP contribution in [0.5, 0.6) is 0 Å². The van der Waals surface area contributed by atoms with E-state index in [1.807, 2.05) is 12.1 Å². The van der Waals surface area contributed by atoms with Crippen molar-refractivity contribution in [2.24, 2.45) is 0 Å². The Kier molecular flexibility index (Phi) is 5.61. The van der Waals surface area contributed by atoms with Crippen molar-refractivity contribution in [3.8, 4) is 0 Å². The summed E-state index contributed by atoms with van der Waals surface area (Å²) in [5.41, 5.74) is 1.72. The lowest BCUT2D eigenvalue weighted by molar-refractivity contribution is -0.133. The van der Waals surface area contributed by atoms with Crippen LogP contribution in [0.25, 0.3) is 0 Å². The zero-order valence-corrected chi connectivity index (χ0v) is 14.5. The van der Waals surface area contributed by atoms with Crippen molar-refractivity contribution < 1.29 is 19.1 Å². The Bertz CT molecular complexity index is 720. The quantitative estimate of drug-likeness (QED) is 0.772. The summed E-state index contributed by atoms with van der Waals surface area (Å²) < 4.78 is 5.25. The van der Waals surface area contributed by atoms with E-state index in [1.165, 1.54) is 0 Å². The Labute approximate surface area is 143 Å². The molecule has 7 nitrogen and oxygen atoms in total. The van der Waals surface area contributed by atoms with Crippen LogP contribution >= 0.6 is 11.8 Å². The summed E-state index contributed by atoms with van der Waals surface area (Å²) in [5.74, 6) is -1.14. The molecule has 0 aliphatic rings. The number of hydrogen-bond acceptors (Lipinski definition) is 6. The van der Waals surface area contributed by atoms with Crippen molar-refractivity contribution in [1.29, 1.82) is 0 Å². The normalized spacial score (nSPS) is 11.3. The lowest BCUT2D eigenvalue weighted by Crippen LogP contribution is -2.23. The van der Waals surface area contributed by atoms with Crippen LogP contribution in [0.3, 0.4) is 0 Å². The van der Waals surface area contributed by atoms with Crippen molar-refractivity contribution in [1.82, 2.24) is 15.5 Å². The van der Waals surface area contributed by atoms with Gasteiger partial charge in [-0.05, 0) is 23.1 Å². The molecule has 0 spiro atoms. The number of nitrogens with zero attached hydrogens (tertiary/aromatic N) is 2. The number of benzene rings is 1. The lowest BCUT2D eigenvalue weighted by atomic mass is 9.87. The molecule has 8 heteroatoms. The number of hydrogen-bond donors (Lipinski definition) is 2.